The van der Waals surface area contributed by atoms with Crippen molar-refractivity contribution in [3.05, 3.63) is 35.4 Å². The summed E-state index contributed by atoms with van der Waals surface area (Å²) in [6, 6.07) is 1.95. The predicted molar refractivity (Wildman–Crippen MR) is 61.8 cm³/mol. The average Bonchev–Trinajstić information content (AvgIpc) is 2.73. The van der Waals surface area contributed by atoms with Crippen LogP contribution in [0.25, 0.3) is 0 Å². The van der Waals surface area contributed by atoms with Gasteiger partial charge in [-0.15, -0.1) is 0 Å². The number of aryl methyl sites for hydroxylation is 3. The average molecular weight is 219 g/mol. The number of hydrogen-bond acceptors (Lipinski definition) is 3. The molecule has 0 bridgehead atoms. The molecule has 0 amide bonds. The number of nitrogens with zero attached hydrogens (tertiary/aromatic N) is 4. The van der Waals surface area contributed by atoms with Crippen molar-refractivity contribution in [1.29, 1.82) is 0 Å². The Morgan fingerprint density at radius 2 is 2.06 bits per heavy atom. The molecule has 0 saturated carbocycles. The summed E-state index contributed by atoms with van der Waals surface area (Å²) >= 11 is 0. The van der Waals surface area contributed by atoms with Crippen LogP contribution in [-0.2, 0) is 20.5 Å². The van der Waals surface area contributed by atoms with Crippen LogP contribution in [0.2, 0.25) is 0 Å². The maximum Gasteiger partial charge on any atom is 0.0643 e. The van der Waals surface area contributed by atoms with Gasteiger partial charge in [-0.3, -0.25) is 9.36 Å². The summed E-state index contributed by atoms with van der Waals surface area (Å²) in [6.45, 7) is 1.98. The maximum absolute atomic E-state index is 6.15. The molecule has 2 aromatic heterocycles. The monoisotopic (exact) mass is 219 g/mol. The highest BCUT2D eigenvalue weighted by molar-refractivity contribution is 5.21. The SMILES string of the molecule is Cc1nn(C)cc1C(N)Cc1ccn(C)n1. The highest BCUT2D eigenvalue weighted by Crippen LogP contribution is 2.17. The second-order valence-corrected chi connectivity index (χ2v) is 4.13. The summed E-state index contributed by atoms with van der Waals surface area (Å²) in [5.41, 5.74) is 9.24. The summed E-state index contributed by atoms with van der Waals surface area (Å²) in [7, 11) is 3.81. The molecule has 1 unspecified atom stereocenters. The molecule has 0 fully saturated rings. The first-order valence-electron chi connectivity index (χ1n) is 5.30. The minimum Gasteiger partial charge on any atom is -0.324 e. The van der Waals surface area contributed by atoms with E-state index in [0.29, 0.717) is 0 Å². The van der Waals surface area contributed by atoms with Crippen LogP contribution < -0.4 is 5.73 Å². The van der Waals surface area contributed by atoms with E-state index in [1.54, 1.807) is 9.36 Å². The molecular weight excluding hydrogens is 202 g/mol. The Labute approximate surface area is 94.9 Å². The summed E-state index contributed by atoms with van der Waals surface area (Å²) in [5.74, 6) is 0. The normalized spacial score (nSPS) is 13.0. The fraction of sp³-hybridized carbons (Fsp3) is 0.455. The minimum absolute atomic E-state index is 0.0383. The van der Waals surface area contributed by atoms with E-state index in [4.69, 9.17) is 5.73 Å². The molecule has 1 atom stereocenters. The Hall–Kier alpha value is -1.62. The van der Waals surface area contributed by atoms with Gasteiger partial charge in [0, 0.05) is 44.5 Å². The van der Waals surface area contributed by atoms with Crippen molar-refractivity contribution < 1.29 is 0 Å². The van der Waals surface area contributed by atoms with Crippen LogP contribution in [0.5, 0.6) is 0 Å². The van der Waals surface area contributed by atoms with Crippen molar-refractivity contribution in [3.63, 3.8) is 0 Å². The van der Waals surface area contributed by atoms with Crippen molar-refractivity contribution in [2.75, 3.05) is 0 Å². The standard InChI is InChI=1S/C11H17N5/c1-8-10(7-16(3)13-8)11(12)6-9-4-5-15(2)14-9/h4-5,7,11H,6,12H2,1-3H3. The fourth-order valence-corrected chi connectivity index (χ4v) is 1.89. The van der Waals surface area contributed by atoms with Gasteiger partial charge in [-0.1, -0.05) is 0 Å². The van der Waals surface area contributed by atoms with Crippen molar-refractivity contribution in [1.82, 2.24) is 19.6 Å². The van der Waals surface area contributed by atoms with Gasteiger partial charge in [0.25, 0.3) is 0 Å². The molecule has 0 aliphatic carbocycles. The Balaban J connectivity index is 2.14. The van der Waals surface area contributed by atoms with Crippen LogP contribution in [0, 0.1) is 6.92 Å². The van der Waals surface area contributed by atoms with E-state index in [9.17, 15) is 0 Å². The van der Waals surface area contributed by atoms with Gasteiger partial charge in [-0.25, -0.2) is 0 Å². The lowest BCUT2D eigenvalue weighted by molar-refractivity contribution is 0.672. The van der Waals surface area contributed by atoms with E-state index in [1.165, 1.54) is 0 Å². The molecule has 0 aliphatic heterocycles. The molecular formula is C11H17N5. The summed E-state index contributed by atoms with van der Waals surface area (Å²) in [6.07, 6.45) is 4.65. The molecule has 2 rings (SSSR count). The predicted octanol–water partition coefficient (Wildman–Crippen LogP) is 0.705. The second-order valence-electron chi connectivity index (χ2n) is 4.13. The Morgan fingerprint density at radius 1 is 1.31 bits per heavy atom. The van der Waals surface area contributed by atoms with Gasteiger partial charge >= 0.3 is 0 Å². The molecule has 2 heterocycles. The van der Waals surface area contributed by atoms with E-state index in [1.807, 2.05) is 39.5 Å². The lowest BCUT2D eigenvalue weighted by atomic mass is 10.0. The van der Waals surface area contributed by atoms with Crippen molar-refractivity contribution in [3.8, 4) is 0 Å². The zero-order valence-corrected chi connectivity index (χ0v) is 9.88. The third-order valence-electron chi connectivity index (χ3n) is 2.65. The van der Waals surface area contributed by atoms with E-state index in [2.05, 4.69) is 10.2 Å². The van der Waals surface area contributed by atoms with Gasteiger partial charge in [0.1, 0.15) is 0 Å². The first-order chi connectivity index (χ1) is 7.56. The third kappa shape index (κ3) is 2.14. The summed E-state index contributed by atoms with van der Waals surface area (Å²) < 4.78 is 3.58. The molecule has 2 N–H and O–H groups in total. The van der Waals surface area contributed by atoms with Gasteiger partial charge in [0.05, 0.1) is 11.4 Å². The smallest absolute Gasteiger partial charge is 0.0643 e. The topological polar surface area (TPSA) is 61.7 Å². The number of aromatic nitrogens is 4. The van der Waals surface area contributed by atoms with Crippen LogP contribution in [0.4, 0.5) is 0 Å². The van der Waals surface area contributed by atoms with E-state index in [-0.39, 0.29) is 6.04 Å². The second kappa shape index (κ2) is 4.09. The fourth-order valence-electron chi connectivity index (χ4n) is 1.89. The quantitative estimate of drug-likeness (QED) is 0.826. The maximum atomic E-state index is 6.15. The van der Waals surface area contributed by atoms with Crippen molar-refractivity contribution in [2.24, 2.45) is 19.8 Å². The van der Waals surface area contributed by atoms with Crippen LogP contribution >= 0.6 is 0 Å². The molecule has 16 heavy (non-hydrogen) atoms. The summed E-state index contributed by atoms with van der Waals surface area (Å²) in [4.78, 5) is 0. The minimum atomic E-state index is -0.0383. The zero-order chi connectivity index (χ0) is 11.7. The lowest BCUT2D eigenvalue weighted by Crippen LogP contribution is -2.14. The van der Waals surface area contributed by atoms with Gasteiger partial charge in [0.2, 0.25) is 0 Å². The van der Waals surface area contributed by atoms with Crippen molar-refractivity contribution >= 4 is 0 Å². The third-order valence-corrected chi connectivity index (χ3v) is 2.65. The van der Waals surface area contributed by atoms with Gasteiger partial charge < -0.3 is 5.73 Å². The number of hydrogen-bond donors (Lipinski definition) is 1. The van der Waals surface area contributed by atoms with Crippen LogP contribution in [-0.4, -0.2) is 19.6 Å². The molecule has 5 heteroatoms. The number of nitrogens with two attached hydrogens (primary N) is 1. The van der Waals surface area contributed by atoms with Crippen LogP contribution in [0.1, 0.15) is 23.0 Å². The molecule has 5 nitrogen and oxygen atoms in total. The van der Waals surface area contributed by atoms with E-state index in [0.717, 1.165) is 23.4 Å². The van der Waals surface area contributed by atoms with Gasteiger partial charge in [-0.2, -0.15) is 10.2 Å². The first-order valence-corrected chi connectivity index (χ1v) is 5.30. The van der Waals surface area contributed by atoms with Crippen molar-refractivity contribution in [2.45, 2.75) is 19.4 Å². The van der Waals surface area contributed by atoms with E-state index < -0.39 is 0 Å². The summed E-state index contributed by atoms with van der Waals surface area (Å²) in [5, 5.41) is 8.61. The molecule has 86 valence electrons. The van der Waals surface area contributed by atoms with Crippen LogP contribution in [0.3, 0.4) is 0 Å². The number of rotatable bonds is 3. The largest absolute Gasteiger partial charge is 0.324 e. The Bertz CT molecular complexity index is 482. The lowest BCUT2D eigenvalue weighted by Gasteiger charge is -2.08. The molecule has 2 aromatic rings. The van der Waals surface area contributed by atoms with Crippen LogP contribution in [0.15, 0.2) is 18.5 Å². The molecule has 0 radical (unpaired) electrons. The van der Waals surface area contributed by atoms with Gasteiger partial charge in [0.15, 0.2) is 0 Å². The molecule has 0 aliphatic rings. The Morgan fingerprint density at radius 3 is 2.56 bits per heavy atom. The van der Waals surface area contributed by atoms with E-state index >= 15 is 0 Å². The molecule has 0 saturated heterocycles. The highest BCUT2D eigenvalue weighted by Gasteiger charge is 2.13. The molecule has 0 spiro atoms. The first kappa shape index (κ1) is 10.9. The zero-order valence-electron chi connectivity index (χ0n) is 9.88. The highest BCUT2D eigenvalue weighted by atomic mass is 15.3. The Kier molecular flexibility index (Phi) is 2.78. The molecule has 0 aromatic carbocycles. The van der Waals surface area contributed by atoms with Gasteiger partial charge in [-0.05, 0) is 13.0 Å².